The van der Waals surface area contributed by atoms with Gasteiger partial charge in [-0.05, 0) is 73.5 Å². The normalized spacial score (nSPS) is 29.8. The van der Waals surface area contributed by atoms with Crippen LogP contribution in [-0.2, 0) is 22.8 Å². The lowest BCUT2D eigenvalue weighted by atomic mass is 9.48. The van der Waals surface area contributed by atoms with Crippen LogP contribution in [0.4, 0.5) is 13.2 Å². The van der Waals surface area contributed by atoms with Gasteiger partial charge < -0.3 is 19.8 Å². The molecule has 2 aliphatic carbocycles. The summed E-state index contributed by atoms with van der Waals surface area (Å²) in [6.07, 6.45) is 2.04. The number of benzene rings is 2. The number of carbonyl (C=O) groups is 1. The third kappa shape index (κ3) is 4.27. The van der Waals surface area contributed by atoms with Gasteiger partial charge in [0, 0.05) is 30.8 Å². The van der Waals surface area contributed by atoms with Crippen LogP contribution in [0.2, 0.25) is 0 Å². The Labute approximate surface area is 244 Å². The van der Waals surface area contributed by atoms with Crippen LogP contribution in [0.15, 0.2) is 55.1 Å². The molecule has 6 nitrogen and oxygen atoms in total. The van der Waals surface area contributed by atoms with E-state index in [1.54, 1.807) is 11.0 Å². The number of ether oxygens (including phenoxy) is 1. The Morgan fingerprint density at radius 3 is 2.62 bits per heavy atom. The highest BCUT2D eigenvalue weighted by molar-refractivity contribution is 5.92. The summed E-state index contributed by atoms with van der Waals surface area (Å²) in [4.78, 5) is 17.9. The first kappa shape index (κ1) is 28.8. The maximum absolute atomic E-state index is 13.8. The molecule has 2 aliphatic heterocycles. The molecule has 2 aromatic rings. The van der Waals surface area contributed by atoms with E-state index >= 15 is 0 Å². The minimum atomic E-state index is -4.43. The van der Waals surface area contributed by atoms with Crippen LogP contribution >= 0.6 is 0 Å². The molecule has 1 saturated heterocycles. The SMILES string of the molecule is C=CCN1CC[C@]23c4c5ccc(O)c4O[C@H]2[C@@H](N(CC(C)C)C(=O)C=Cc2ccc(C(F)(F)F)cc2)CC[C@@]3(O)[C@H]1C5. The van der Waals surface area contributed by atoms with Crippen LogP contribution in [0.25, 0.3) is 6.08 Å². The topological polar surface area (TPSA) is 73.2 Å². The van der Waals surface area contributed by atoms with Crippen LogP contribution in [0.3, 0.4) is 0 Å². The zero-order chi connectivity index (χ0) is 30.0. The summed E-state index contributed by atoms with van der Waals surface area (Å²) >= 11 is 0. The second kappa shape index (κ2) is 10.2. The lowest BCUT2D eigenvalue weighted by molar-refractivity contribution is -0.199. The quantitative estimate of drug-likeness (QED) is 0.342. The molecule has 2 heterocycles. The molecule has 2 bridgehead atoms. The predicted molar refractivity (Wildman–Crippen MR) is 153 cm³/mol. The zero-order valence-corrected chi connectivity index (χ0v) is 23.9. The van der Waals surface area contributed by atoms with Gasteiger partial charge in [-0.2, -0.15) is 13.2 Å². The number of rotatable bonds is 7. The maximum atomic E-state index is 13.8. The maximum Gasteiger partial charge on any atom is 0.416 e. The van der Waals surface area contributed by atoms with Gasteiger partial charge in [-0.25, -0.2) is 0 Å². The van der Waals surface area contributed by atoms with Gasteiger partial charge in [-0.1, -0.05) is 38.1 Å². The molecule has 0 unspecified atom stereocenters. The number of hydrogen-bond donors (Lipinski definition) is 2. The Balaban J connectivity index is 1.37. The second-order valence-electron chi connectivity index (χ2n) is 12.6. The van der Waals surface area contributed by atoms with Gasteiger partial charge in [0.1, 0.15) is 6.10 Å². The summed E-state index contributed by atoms with van der Waals surface area (Å²) in [5, 5.41) is 23.5. The van der Waals surface area contributed by atoms with Crippen molar-refractivity contribution in [2.75, 3.05) is 19.6 Å². The number of alkyl halides is 3. The number of aromatic hydroxyl groups is 1. The van der Waals surface area contributed by atoms with E-state index in [0.717, 1.165) is 29.8 Å². The monoisotopic (exact) mass is 582 g/mol. The lowest BCUT2D eigenvalue weighted by Gasteiger charge is -2.64. The Bertz CT molecular complexity index is 1420. The summed E-state index contributed by atoms with van der Waals surface area (Å²) < 4.78 is 45.6. The molecule has 6 rings (SSSR count). The first-order valence-electron chi connectivity index (χ1n) is 14.7. The van der Waals surface area contributed by atoms with Crippen molar-refractivity contribution in [3.05, 3.63) is 77.4 Å². The van der Waals surface area contributed by atoms with Gasteiger partial charge >= 0.3 is 6.18 Å². The highest BCUT2D eigenvalue weighted by Gasteiger charge is 2.73. The molecule has 2 aromatic carbocycles. The second-order valence-corrected chi connectivity index (χ2v) is 12.6. The van der Waals surface area contributed by atoms with Gasteiger partial charge in [0.15, 0.2) is 11.5 Å². The Morgan fingerprint density at radius 1 is 1.21 bits per heavy atom. The Kier molecular flexibility index (Phi) is 6.97. The Morgan fingerprint density at radius 2 is 1.95 bits per heavy atom. The van der Waals surface area contributed by atoms with Crippen LogP contribution < -0.4 is 4.74 Å². The Hall–Kier alpha value is -3.30. The number of phenolic OH excluding ortho intramolecular Hbond substituents is 1. The van der Waals surface area contributed by atoms with Gasteiger partial charge in [-0.15, -0.1) is 6.58 Å². The summed E-state index contributed by atoms with van der Waals surface area (Å²) in [6.45, 7) is 9.80. The molecule has 4 aliphatic rings. The molecule has 1 amide bonds. The van der Waals surface area contributed by atoms with E-state index in [0.29, 0.717) is 50.1 Å². The molecule has 1 saturated carbocycles. The fourth-order valence-corrected chi connectivity index (χ4v) is 8.14. The van der Waals surface area contributed by atoms with Crippen LogP contribution in [0, 0.1) is 5.92 Å². The fraction of sp³-hybridized carbons (Fsp3) is 0.485. The van der Waals surface area contributed by atoms with E-state index in [-0.39, 0.29) is 29.7 Å². The molecule has 0 radical (unpaired) electrons. The van der Waals surface area contributed by atoms with E-state index < -0.39 is 28.9 Å². The molecular weight excluding hydrogens is 545 g/mol. The number of piperidine rings is 1. The van der Waals surface area contributed by atoms with Gasteiger partial charge in [0.25, 0.3) is 0 Å². The summed E-state index contributed by atoms with van der Waals surface area (Å²) in [7, 11) is 0. The highest BCUT2D eigenvalue weighted by Crippen LogP contribution is 2.65. The van der Waals surface area contributed by atoms with E-state index in [9.17, 15) is 28.2 Å². The summed E-state index contributed by atoms with van der Waals surface area (Å²) in [5.74, 6) is 0.314. The average Bonchev–Trinajstić information content (AvgIpc) is 3.29. The van der Waals surface area contributed by atoms with Crippen molar-refractivity contribution in [1.82, 2.24) is 9.80 Å². The number of amides is 1. The molecule has 9 heteroatoms. The molecule has 5 atom stereocenters. The lowest BCUT2D eigenvalue weighted by Crippen LogP contribution is -2.78. The number of halogens is 3. The van der Waals surface area contributed by atoms with E-state index in [1.165, 1.54) is 24.3 Å². The molecule has 2 fully saturated rings. The van der Waals surface area contributed by atoms with Crippen molar-refractivity contribution in [2.45, 2.75) is 74.9 Å². The van der Waals surface area contributed by atoms with E-state index in [2.05, 4.69) is 11.5 Å². The molecule has 1 spiro atoms. The standard InChI is InChI=1S/C33H37F3N2O4/c1-4-16-37-17-15-31-28-22-8-11-25(39)29(28)42-30(31)24(13-14-32(31,41)26(37)18-22)38(19-20(2)3)27(40)12-7-21-5-9-23(10-6-21)33(34,35)36/h4-12,20,24,26,30,39,41H,1,13-19H2,2-3H3/t24-,26+,30-,31-,32+/m0/s1. The molecule has 0 aromatic heterocycles. The number of hydrogen-bond acceptors (Lipinski definition) is 5. The first-order valence-corrected chi connectivity index (χ1v) is 14.7. The summed E-state index contributed by atoms with van der Waals surface area (Å²) in [6, 6.07) is 7.76. The molecular formula is C33H37F3N2O4. The van der Waals surface area contributed by atoms with Crippen molar-refractivity contribution < 1.29 is 32.9 Å². The van der Waals surface area contributed by atoms with Crippen molar-refractivity contribution in [3.63, 3.8) is 0 Å². The van der Waals surface area contributed by atoms with Crippen LogP contribution in [0.1, 0.15) is 55.4 Å². The zero-order valence-electron chi connectivity index (χ0n) is 23.9. The number of aliphatic hydroxyl groups is 1. The van der Waals surface area contributed by atoms with Crippen LogP contribution in [-0.4, -0.2) is 69.3 Å². The first-order chi connectivity index (χ1) is 19.9. The number of carbonyl (C=O) groups excluding carboxylic acids is 1. The largest absolute Gasteiger partial charge is 0.504 e. The number of phenols is 1. The highest BCUT2D eigenvalue weighted by atomic mass is 19.4. The van der Waals surface area contributed by atoms with Crippen molar-refractivity contribution in [3.8, 4) is 11.5 Å². The van der Waals surface area contributed by atoms with Gasteiger partial charge in [0.2, 0.25) is 5.91 Å². The van der Waals surface area contributed by atoms with E-state index in [4.69, 9.17) is 4.74 Å². The predicted octanol–water partition coefficient (Wildman–Crippen LogP) is 5.32. The molecule has 2 N–H and O–H groups in total. The fourth-order valence-electron chi connectivity index (χ4n) is 8.14. The molecule has 224 valence electrons. The summed E-state index contributed by atoms with van der Waals surface area (Å²) in [5.41, 5.74) is -0.214. The van der Waals surface area contributed by atoms with Crippen molar-refractivity contribution in [2.24, 2.45) is 5.92 Å². The van der Waals surface area contributed by atoms with Gasteiger partial charge in [-0.3, -0.25) is 9.69 Å². The molecule has 42 heavy (non-hydrogen) atoms. The smallest absolute Gasteiger partial charge is 0.416 e. The third-order valence-electron chi connectivity index (χ3n) is 9.81. The van der Waals surface area contributed by atoms with Crippen molar-refractivity contribution in [1.29, 1.82) is 0 Å². The van der Waals surface area contributed by atoms with E-state index in [1.807, 2.05) is 26.0 Å². The number of likely N-dealkylation sites (tertiary alicyclic amines) is 1. The third-order valence-corrected chi connectivity index (χ3v) is 9.81. The van der Waals surface area contributed by atoms with Gasteiger partial charge in [0.05, 0.1) is 22.6 Å². The minimum Gasteiger partial charge on any atom is -0.504 e. The van der Waals surface area contributed by atoms with Crippen molar-refractivity contribution >= 4 is 12.0 Å². The average molecular weight is 583 g/mol. The minimum absolute atomic E-state index is 0.0366. The number of nitrogens with zero attached hydrogens (tertiary/aromatic N) is 2. The van der Waals surface area contributed by atoms with Crippen LogP contribution in [0.5, 0.6) is 11.5 Å².